The molecule has 0 unspecified atom stereocenters. The molecule has 0 bridgehead atoms. The standard InChI is InChI=1S/C17H23NO3/c1-12-7-9-17(2,10-8-12)18-15(19)11-13-3-5-14(6-4-13)16(20)21/h3-6,12H,7-11H2,1-2H3,(H,18,19)(H,20,21). The predicted octanol–water partition coefficient (Wildman–Crippen LogP) is 3.01. The van der Waals surface area contributed by atoms with Crippen LogP contribution in [-0.4, -0.2) is 22.5 Å². The maximum absolute atomic E-state index is 12.2. The van der Waals surface area contributed by atoms with Gasteiger partial charge in [-0.05, 0) is 56.2 Å². The minimum atomic E-state index is -0.949. The van der Waals surface area contributed by atoms with Crippen LogP contribution in [0.25, 0.3) is 0 Å². The average Bonchev–Trinajstić information content (AvgIpc) is 2.43. The number of carboxylic acid groups (broad SMARTS) is 1. The molecule has 2 rings (SSSR count). The van der Waals surface area contributed by atoms with E-state index in [-0.39, 0.29) is 17.0 Å². The highest BCUT2D eigenvalue weighted by Gasteiger charge is 2.30. The lowest BCUT2D eigenvalue weighted by atomic mass is 9.78. The lowest BCUT2D eigenvalue weighted by Crippen LogP contribution is -2.48. The van der Waals surface area contributed by atoms with Gasteiger partial charge in [-0.3, -0.25) is 4.79 Å². The van der Waals surface area contributed by atoms with Gasteiger partial charge in [0.1, 0.15) is 0 Å². The van der Waals surface area contributed by atoms with Gasteiger partial charge in [0.2, 0.25) is 5.91 Å². The van der Waals surface area contributed by atoms with Crippen LogP contribution in [0.15, 0.2) is 24.3 Å². The van der Waals surface area contributed by atoms with Crippen molar-refractivity contribution in [2.45, 2.75) is 51.5 Å². The SMILES string of the molecule is CC1CCC(C)(NC(=O)Cc2ccc(C(=O)O)cc2)CC1. The van der Waals surface area contributed by atoms with Gasteiger partial charge in [0.05, 0.1) is 12.0 Å². The maximum atomic E-state index is 12.2. The summed E-state index contributed by atoms with van der Waals surface area (Å²) in [6.45, 7) is 4.37. The number of carbonyl (C=O) groups is 2. The van der Waals surface area contributed by atoms with Crippen molar-refractivity contribution in [3.8, 4) is 0 Å². The first-order chi connectivity index (χ1) is 9.88. The summed E-state index contributed by atoms with van der Waals surface area (Å²) in [6, 6.07) is 6.48. The molecule has 4 nitrogen and oxygen atoms in total. The van der Waals surface area contributed by atoms with Gasteiger partial charge in [0.25, 0.3) is 0 Å². The van der Waals surface area contributed by atoms with Gasteiger partial charge in [0.15, 0.2) is 0 Å². The fraction of sp³-hybridized carbons (Fsp3) is 0.529. The third-order valence-corrected chi connectivity index (χ3v) is 4.38. The smallest absolute Gasteiger partial charge is 0.335 e. The summed E-state index contributed by atoms with van der Waals surface area (Å²) in [5.41, 5.74) is 0.989. The van der Waals surface area contributed by atoms with Crippen molar-refractivity contribution >= 4 is 11.9 Å². The molecular weight excluding hydrogens is 266 g/mol. The van der Waals surface area contributed by atoms with E-state index < -0.39 is 5.97 Å². The lowest BCUT2D eigenvalue weighted by Gasteiger charge is -2.37. The highest BCUT2D eigenvalue weighted by molar-refractivity contribution is 5.87. The molecule has 1 saturated carbocycles. The topological polar surface area (TPSA) is 66.4 Å². The number of hydrogen-bond donors (Lipinski definition) is 2. The first-order valence-corrected chi connectivity index (χ1v) is 7.51. The molecule has 0 aliphatic heterocycles. The summed E-state index contributed by atoms with van der Waals surface area (Å²) in [7, 11) is 0. The largest absolute Gasteiger partial charge is 0.478 e. The minimum Gasteiger partial charge on any atom is -0.478 e. The molecule has 1 fully saturated rings. The van der Waals surface area contributed by atoms with Crippen LogP contribution in [0.5, 0.6) is 0 Å². The molecule has 1 aromatic carbocycles. The maximum Gasteiger partial charge on any atom is 0.335 e. The summed E-state index contributed by atoms with van der Waals surface area (Å²) >= 11 is 0. The van der Waals surface area contributed by atoms with Crippen LogP contribution in [0.2, 0.25) is 0 Å². The number of benzene rings is 1. The first-order valence-electron chi connectivity index (χ1n) is 7.51. The van der Waals surface area contributed by atoms with E-state index in [0.29, 0.717) is 6.42 Å². The van der Waals surface area contributed by atoms with Gasteiger partial charge in [0, 0.05) is 5.54 Å². The number of aromatic carboxylic acids is 1. The Hall–Kier alpha value is -1.84. The van der Waals surface area contributed by atoms with E-state index in [1.165, 1.54) is 12.1 Å². The second kappa shape index (κ2) is 6.29. The number of carboxylic acids is 1. The molecular formula is C17H23NO3. The molecule has 1 aromatic rings. The van der Waals surface area contributed by atoms with Crippen molar-refractivity contribution in [2.24, 2.45) is 5.92 Å². The molecule has 0 heterocycles. The highest BCUT2D eigenvalue weighted by Crippen LogP contribution is 2.31. The molecule has 2 N–H and O–H groups in total. The Labute approximate surface area is 125 Å². The number of nitrogens with one attached hydrogen (secondary N) is 1. The van der Waals surface area contributed by atoms with Gasteiger partial charge >= 0.3 is 5.97 Å². The van der Waals surface area contributed by atoms with Crippen LogP contribution in [-0.2, 0) is 11.2 Å². The lowest BCUT2D eigenvalue weighted by molar-refractivity contribution is -0.122. The molecule has 0 spiro atoms. The van der Waals surface area contributed by atoms with Crippen molar-refractivity contribution in [1.29, 1.82) is 0 Å². The summed E-state index contributed by atoms with van der Waals surface area (Å²) < 4.78 is 0. The third-order valence-electron chi connectivity index (χ3n) is 4.38. The van der Waals surface area contributed by atoms with Crippen LogP contribution in [0, 0.1) is 5.92 Å². The van der Waals surface area contributed by atoms with Gasteiger partial charge in [-0.2, -0.15) is 0 Å². The van der Waals surface area contributed by atoms with E-state index in [1.807, 2.05) is 0 Å². The number of hydrogen-bond acceptors (Lipinski definition) is 2. The molecule has 1 amide bonds. The van der Waals surface area contributed by atoms with Crippen LogP contribution in [0.4, 0.5) is 0 Å². The van der Waals surface area contributed by atoms with Crippen LogP contribution >= 0.6 is 0 Å². The second-order valence-electron chi connectivity index (χ2n) is 6.47. The molecule has 1 aliphatic carbocycles. The monoisotopic (exact) mass is 289 g/mol. The highest BCUT2D eigenvalue weighted by atomic mass is 16.4. The second-order valence-corrected chi connectivity index (χ2v) is 6.47. The summed E-state index contributed by atoms with van der Waals surface area (Å²) in [6.07, 6.45) is 4.66. The average molecular weight is 289 g/mol. The Morgan fingerprint density at radius 3 is 2.33 bits per heavy atom. The van der Waals surface area contributed by atoms with E-state index in [0.717, 1.165) is 37.2 Å². The van der Waals surface area contributed by atoms with Crippen molar-refractivity contribution < 1.29 is 14.7 Å². The Balaban J connectivity index is 1.91. The molecule has 0 saturated heterocycles. The minimum absolute atomic E-state index is 0.00938. The Bertz CT molecular complexity index is 513. The fourth-order valence-corrected chi connectivity index (χ4v) is 2.86. The molecule has 114 valence electrons. The van der Waals surface area contributed by atoms with E-state index in [4.69, 9.17) is 5.11 Å². The zero-order valence-corrected chi connectivity index (χ0v) is 12.7. The fourth-order valence-electron chi connectivity index (χ4n) is 2.86. The number of carbonyl (C=O) groups excluding carboxylic acids is 1. The van der Waals surface area contributed by atoms with Crippen molar-refractivity contribution in [1.82, 2.24) is 5.32 Å². The van der Waals surface area contributed by atoms with Crippen LogP contribution < -0.4 is 5.32 Å². The van der Waals surface area contributed by atoms with Gasteiger partial charge in [-0.1, -0.05) is 19.1 Å². The molecule has 21 heavy (non-hydrogen) atoms. The van der Waals surface area contributed by atoms with E-state index in [2.05, 4.69) is 19.2 Å². The normalized spacial score (nSPS) is 25.3. The van der Waals surface area contributed by atoms with Crippen molar-refractivity contribution in [3.05, 3.63) is 35.4 Å². The molecule has 4 heteroatoms. The summed E-state index contributed by atoms with van der Waals surface area (Å²) in [5, 5.41) is 12.0. The molecule has 0 atom stereocenters. The number of amides is 1. The Morgan fingerprint density at radius 2 is 1.81 bits per heavy atom. The van der Waals surface area contributed by atoms with Gasteiger partial charge in [-0.25, -0.2) is 4.79 Å². The van der Waals surface area contributed by atoms with Crippen LogP contribution in [0.3, 0.4) is 0 Å². The summed E-state index contributed by atoms with van der Waals surface area (Å²) in [5.74, 6) is -0.191. The van der Waals surface area contributed by atoms with Crippen molar-refractivity contribution in [3.63, 3.8) is 0 Å². The summed E-state index contributed by atoms with van der Waals surface area (Å²) in [4.78, 5) is 22.9. The first kappa shape index (κ1) is 15.5. The van der Waals surface area contributed by atoms with Gasteiger partial charge in [-0.15, -0.1) is 0 Å². The number of rotatable bonds is 4. The van der Waals surface area contributed by atoms with Gasteiger partial charge < -0.3 is 10.4 Å². The third kappa shape index (κ3) is 4.31. The Morgan fingerprint density at radius 1 is 1.24 bits per heavy atom. The van der Waals surface area contributed by atoms with E-state index in [1.54, 1.807) is 12.1 Å². The van der Waals surface area contributed by atoms with Crippen LogP contribution in [0.1, 0.15) is 55.5 Å². The molecule has 1 aliphatic rings. The van der Waals surface area contributed by atoms with E-state index in [9.17, 15) is 9.59 Å². The quantitative estimate of drug-likeness (QED) is 0.895. The van der Waals surface area contributed by atoms with E-state index >= 15 is 0 Å². The van der Waals surface area contributed by atoms with Crippen molar-refractivity contribution in [2.75, 3.05) is 0 Å². The zero-order chi connectivity index (χ0) is 15.5. The zero-order valence-electron chi connectivity index (χ0n) is 12.7. The molecule has 0 aromatic heterocycles. The Kier molecular flexibility index (Phi) is 4.66. The molecule has 0 radical (unpaired) electrons. The predicted molar refractivity (Wildman–Crippen MR) is 81.3 cm³/mol.